The molecule has 0 bridgehead atoms. The molecule has 0 saturated heterocycles. The van der Waals surface area contributed by atoms with Crippen LogP contribution < -0.4 is 10.2 Å². The van der Waals surface area contributed by atoms with E-state index in [4.69, 9.17) is 9.41 Å². The van der Waals surface area contributed by atoms with E-state index >= 15 is 0 Å². The zero-order chi connectivity index (χ0) is 34.4. The van der Waals surface area contributed by atoms with Crippen molar-refractivity contribution >= 4 is 61.2 Å². The minimum absolute atomic E-state index is 0.332. The molecule has 0 aliphatic carbocycles. The summed E-state index contributed by atoms with van der Waals surface area (Å²) in [7, 11) is 0. The lowest BCUT2D eigenvalue weighted by molar-refractivity contribution is 0.668. The lowest BCUT2D eigenvalue weighted by Crippen LogP contribution is -2.21. The van der Waals surface area contributed by atoms with Crippen LogP contribution in [0.4, 0.5) is 22.7 Å². The zero-order valence-electron chi connectivity index (χ0n) is 28.3. The Morgan fingerprint density at radius 1 is 0.519 bits per heavy atom. The predicted molar refractivity (Wildman–Crippen MR) is 216 cm³/mol. The molecule has 10 rings (SSSR count). The summed E-state index contributed by atoms with van der Waals surface area (Å²) in [5, 5.41) is 8.26. The molecular weight excluding hydrogens is 635 g/mol. The van der Waals surface area contributed by atoms with Crippen molar-refractivity contribution in [3.63, 3.8) is 0 Å². The Balaban J connectivity index is 1.19. The van der Waals surface area contributed by atoms with Gasteiger partial charge in [-0.25, -0.2) is 0 Å². The SMILES string of the molecule is c1ccc(C2=NC(c3ccc(N(c4ccc(-c5ccccc5)cc4)c4ccc5ccccc5c4)c4oc5ccccc5c34)Nc3ccccc32)cc1. The van der Waals surface area contributed by atoms with Crippen molar-refractivity contribution in [3.8, 4) is 11.1 Å². The molecule has 9 aromatic rings. The van der Waals surface area contributed by atoms with Crippen molar-refractivity contribution in [1.29, 1.82) is 0 Å². The fraction of sp³-hybridized carbons (Fsp3) is 0.0208. The smallest absolute Gasteiger partial charge is 0.159 e. The molecule has 1 aliphatic heterocycles. The average Bonchev–Trinajstić information content (AvgIpc) is 3.62. The third-order valence-electron chi connectivity index (χ3n) is 10.1. The molecular formula is C48H33N3O. The molecule has 1 N–H and O–H groups in total. The molecule has 1 aliphatic rings. The van der Waals surface area contributed by atoms with E-state index in [0.717, 1.165) is 67.1 Å². The molecule has 1 atom stereocenters. The first-order valence-corrected chi connectivity index (χ1v) is 17.7. The molecule has 4 heteroatoms. The van der Waals surface area contributed by atoms with Gasteiger partial charge in [0.05, 0.1) is 11.4 Å². The van der Waals surface area contributed by atoms with Crippen molar-refractivity contribution in [1.82, 2.24) is 0 Å². The number of anilines is 4. The highest BCUT2D eigenvalue weighted by atomic mass is 16.3. The van der Waals surface area contributed by atoms with Crippen LogP contribution in [-0.4, -0.2) is 5.71 Å². The lowest BCUT2D eigenvalue weighted by Gasteiger charge is -2.29. The maximum atomic E-state index is 6.88. The Bertz CT molecular complexity index is 2770. The average molecular weight is 668 g/mol. The molecule has 8 aromatic carbocycles. The number of furan rings is 1. The van der Waals surface area contributed by atoms with Crippen LogP contribution >= 0.6 is 0 Å². The molecule has 4 nitrogen and oxygen atoms in total. The first-order chi connectivity index (χ1) is 25.8. The van der Waals surface area contributed by atoms with Gasteiger partial charge in [-0.1, -0.05) is 146 Å². The summed E-state index contributed by atoms with van der Waals surface area (Å²) in [6.45, 7) is 0. The molecule has 1 unspecified atom stereocenters. The third kappa shape index (κ3) is 5.12. The highest BCUT2D eigenvalue weighted by molar-refractivity contribution is 6.18. The second-order valence-corrected chi connectivity index (χ2v) is 13.2. The predicted octanol–water partition coefficient (Wildman–Crippen LogP) is 12.8. The summed E-state index contributed by atoms with van der Waals surface area (Å²) in [4.78, 5) is 7.73. The third-order valence-corrected chi connectivity index (χ3v) is 10.1. The van der Waals surface area contributed by atoms with Gasteiger partial charge in [0.25, 0.3) is 0 Å². The maximum Gasteiger partial charge on any atom is 0.159 e. The van der Waals surface area contributed by atoms with Crippen LogP contribution in [-0.2, 0) is 0 Å². The Hall–Kier alpha value is -6.91. The van der Waals surface area contributed by atoms with Gasteiger partial charge in [-0.3, -0.25) is 4.99 Å². The van der Waals surface area contributed by atoms with Gasteiger partial charge in [-0.2, -0.15) is 0 Å². The van der Waals surface area contributed by atoms with Crippen molar-refractivity contribution in [2.24, 2.45) is 4.99 Å². The number of hydrogen-bond acceptors (Lipinski definition) is 4. The van der Waals surface area contributed by atoms with E-state index in [0.29, 0.717) is 0 Å². The molecule has 1 aromatic heterocycles. The number of para-hydroxylation sites is 2. The Kier molecular flexibility index (Phi) is 7.17. The monoisotopic (exact) mass is 667 g/mol. The van der Waals surface area contributed by atoms with Crippen LogP contribution in [0.5, 0.6) is 0 Å². The first-order valence-electron chi connectivity index (χ1n) is 17.7. The van der Waals surface area contributed by atoms with Crippen molar-refractivity contribution in [3.05, 3.63) is 205 Å². The van der Waals surface area contributed by atoms with E-state index < -0.39 is 0 Å². The first kappa shape index (κ1) is 30.0. The molecule has 0 radical (unpaired) electrons. The number of hydrogen-bond donors (Lipinski definition) is 1. The van der Waals surface area contributed by atoms with Gasteiger partial charge in [-0.15, -0.1) is 0 Å². The second-order valence-electron chi connectivity index (χ2n) is 13.2. The summed E-state index contributed by atoms with van der Waals surface area (Å²) < 4.78 is 6.88. The van der Waals surface area contributed by atoms with Crippen LogP contribution in [0.25, 0.3) is 43.8 Å². The molecule has 0 fully saturated rings. The van der Waals surface area contributed by atoms with Crippen LogP contribution in [0.15, 0.2) is 197 Å². The van der Waals surface area contributed by atoms with Crippen LogP contribution in [0.1, 0.15) is 22.9 Å². The number of nitrogens with zero attached hydrogens (tertiary/aromatic N) is 2. The fourth-order valence-electron chi connectivity index (χ4n) is 7.59. The quantitative estimate of drug-likeness (QED) is 0.192. The molecule has 0 saturated carbocycles. The van der Waals surface area contributed by atoms with Crippen molar-refractivity contribution < 1.29 is 4.42 Å². The largest absolute Gasteiger partial charge is 0.454 e. The molecule has 52 heavy (non-hydrogen) atoms. The van der Waals surface area contributed by atoms with Gasteiger partial charge in [0, 0.05) is 44.5 Å². The molecule has 2 heterocycles. The zero-order valence-corrected chi connectivity index (χ0v) is 28.3. The molecule has 0 spiro atoms. The molecule has 246 valence electrons. The van der Waals surface area contributed by atoms with Gasteiger partial charge in [0.1, 0.15) is 11.7 Å². The van der Waals surface area contributed by atoms with Gasteiger partial charge in [0.2, 0.25) is 0 Å². The van der Waals surface area contributed by atoms with Crippen molar-refractivity contribution in [2.45, 2.75) is 6.17 Å². The number of rotatable bonds is 6. The Labute approximate surface area is 301 Å². The van der Waals surface area contributed by atoms with E-state index in [9.17, 15) is 0 Å². The normalized spacial score (nSPS) is 13.8. The number of aliphatic imine (C=N–C) groups is 1. The van der Waals surface area contributed by atoms with Gasteiger partial charge >= 0.3 is 0 Å². The summed E-state index contributed by atoms with van der Waals surface area (Å²) in [6.07, 6.45) is -0.332. The Morgan fingerprint density at radius 3 is 2.00 bits per heavy atom. The van der Waals surface area contributed by atoms with Crippen LogP contribution in [0.3, 0.4) is 0 Å². The van der Waals surface area contributed by atoms with E-state index in [2.05, 4.69) is 186 Å². The van der Waals surface area contributed by atoms with E-state index in [1.165, 1.54) is 21.9 Å². The van der Waals surface area contributed by atoms with Gasteiger partial charge in [-0.05, 0) is 64.4 Å². The van der Waals surface area contributed by atoms with E-state index in [1.807, 2.05) is 12.1 Å². The van der Waals surface area contributed by atoms with Crippen LogP contribution in [0.2, 0.25) is 0 Å². The number of fused-ring (bicyclic) bond motifs is 5. The summed E-state index contributed by atoms with van der Waals surface area (Å²) >= 11 is 0. The number of nitrogens with one attached hydrogen (secondary N) is 1. The summed E-state index contributed by atoms with van der Waals surface area (Å²) in [5.41, 5.74) is 12.3. The lowest BCUT2D eigenvalue weighted by atomic mass is 9.96. The van der Waals surface area contributed by atoms with Gasteiger partial charge in [0.15, 0.2) is 5.58 Å². The Morgan fingerprint density at radius 2 is 1.17 bits per heavy atom. The van der Waals surface area contributed by atoms with Crippen molar-refractivity contribution in [2.75, 3.05) is 10.2 Å². The maximum absolute atomic E-state index is 6.88. The van der Waals surface area contributed by atoms with Gasteiger partial charge < -0.3 is 14.6 Å². The highest BCUT2D eigenvalue weighted by Gasteiger charge is 2.28. The fourth-order valence-corrected chi connectivity index (χ4v) is 7.59. The topological polar surface area (TPSA) is 40.8 Å². The minimum atomic E-state index is -0.332. The summed E-state index contributed by atoms with van der Waals surface area (Å²) in [5.74, 6) is 0. The van der Waals surface area contributed by atoms with E-state index in [-0.39, 0.29) is 6.17 Å². The van der Waals surface area contributed by atoms with E-state index in [1.54, 1.807) is 0 Å². The standard InChI is InChI=1S/C48H33N3O/c1-3-13-32(14-4-1)34-23-26-37(27-24-34)51(38-28-25-33-15-7-8-18-36(33)31-38)43-30-29-41(45-40-20-10-12-22-44(40)52-47(43)45)48-49-42-21-11-9-19-39(42)46(50-48)35-16-5-2-6-17-35/h1-31,48-49H. The second kappa shape index (κ2) is 12.4. The minimum Gasteiger partial charge on any atom is -0.454 e. The molecule has 0 amide bonds. The van der Waals surface area contributed by atoms with Crippen LogP contribution in [0, 0.1) is 0 Å². The summed E-state index contributed by atoms with van der Waals surface area (Å²) in [6, 6.07) is 66.1. The number of benzene rings is 8. The highest BCUT2D eigenvalue weighted by Crippen LogP contribution is 2.46.